The molecule has 4 nitrogen and oxygen atoms in total. The highest BCUT2D eigenvalue weighted by Crippen LogP contribution is 2.30. The van der Waals surface area contributed by atoms with Crippen LogP contribution in [0.1, 0.15) is 0 Å². The van der Waals surface area contributed by atoms with Crippen LogP contribution < -0.4 is 0 Å². The number of hydrogen-bond donors (Lipinski definition) is 0. The summed E-state index contributed by atoms with van der Waals surface area (Å²) in [5.74, 6) is 1.10. The molecule has 0 spiro atoms. The van der Waals surface area contributed by atoms with E-state index in [0.717, 1.165) is 15.6 Å². The third-order valence-electron chi connectivity index (χ3n) is 3.55. The Morgan fingerprint density at radius 1 is 1.16 bits per heavy atom. The molecule has 0 saturated heterocycles. The van der Waals surface area contributed by atoms with Crippen molar-refractivity contribution in [3.63, 3.8) is 0 Å². The summed E-state index contributed by atoms with van der Waals surface area (Å²) in [6.45, 7) is 0. The van der Waals surface area contributed by atoms with Gasteiger partial charge in [0.1, 0.15) is 0 Å². The van der Waals surface area contributed by atoms with E-state index in [1.807, 2.05) is 16.5 Å². The Kier molecular flexibility index (Phi) is 5.01. The van der Waals surface area contributed by atoms with E-state index in [0.29, 0.717) is 26.4 Å². The number of thiazole rings is 1. The Morgan fingerprint density at radius 2 is 2.00 bits per heavy atom. The molecular weight excluding hydrogens is 417 g/mol. The van der Waals surface area contributed by atoms with E-state index in [-0.39, 0.29) is 0 Å². The lowest BCUT2D eigenvalue weighted by Gasteiger charge is -2.05. The summed E-state index contributed by atoms with van der Waals surface area (Å²) in [6, 6.07) is 13.1. The first kappa shape index (κ1) is 17.3. The molecule has 0 aliphatic carbocycles. The fraction of sp³-hybridized carbons (Fsp3) is 0.125. The highest BCUT2D eigenvalue weighted by atomic mass is 35.5. The molecular formula is C16H11Cl2N3OS3. The molecule has 0 aliphatic heterocycles. The summed E-state index contributed by atoms with van der Waals surface area (Å²) < 4.78 is 15.7. The van der Waals surface area contributed by atoms with Crippen LogP contribution in [-0.4, -0.2) is 30.3 Å². The zero-order chi connectivity index (χ0) is 17.4. The molecule has 0 saturated carbocycles. The highest BCUT2D eigenvalue weighted by Gasteiger charge is 2.14. The minimum absolute atomic E-state index is 0.460. The molecule has 2 aromatic heterocycles. The predicted octanol–water partition coefficient (Wildman–Crippen LogP) is 5.15. The molecule has 25 heavy (non-hydrogen) atoms. The number of rotatable bonds is 5. The standard InChI is InChI=1S/C16H11Cl2N3OS3/c17-10-5-6-11(18)14(9-10)25(22)8-7-23-15-19-20-16-21(15)12-3-1-2-4-13(12)24-16/h1-6,9H,7-8H2. The van der Waals surface area contributed by atoms with Gasteiger partial charge in [-0.1, -0.05) is 58.4 Å². The SMILES string of the molecule is O=S(CCSc1nnc2sc3ccccc3n12)c1cc(Cl)ccc1Cl. The fourth-order valence-electron chi connectivity index (χ4n) is 2.42. The topological polar surface area (TPSA) is 47.3 Å². The van der Waals surface area contributed by atoms with Crippen LogP contribution in [0.15, 0.2) is 52.5 Å². The van der Waals surface area contributed by atoms with Crippen LogP contribution in [0.25, 0.3) is 15.2 Å². The van der Waals surface area contributed by atoms with Gasteiger partial charge in [0.25, 0.3) is 0 Å². The van der Waals surface area contributed by atoms with E-state index >= 15 is 0 Å². The maximum Gasteiger partial charge on any atom is 0.217 e. The summed E-state index contributed by atoms with van der Waals surface area (Å²) in [5, 5.41) is 10.3. The average Bonchev–Trinajstić information content (AvgIpc) is 3.16. The molecule has 2 heterocycles. The molecule has 0 amide bonds. The fourth-order valence-corrected chi connectivity index (χ4v) is 6.35. The first-order valence-corrected chi connectivity index (χ1v) is 11.2. The van der Waals surface area contributed by atoms with Gasteiger partial charge in [-0.3, -0.25) is 8.61 Å². The van der Waals surface area contributed by atoms with Gasteiger partial charge in [0, 0.05) is 16.5 Å². The lowest BCUT2D eigenvalue weighted by molar-refractivity contribution is 0.684. The van der Waals surface area contributed by atoms with Gasteiger partial charge < -0.3 is 0 Å². The Labute approximate surface area is 164 Å². The van der Waals surface area contributed by atoms with Crippen molar-refractivity contribution in [3.05, 3.63) is 52.5 Å². The number of para-hydroxylation sites is 1. The van der Waals surface area contributed by atoms with E-state index < -0.39 is 10.8 Å². The third-order valence-corrected chi connectivity index (χ3v) is 7.83. The van der Waals surface area contributed by atoms with Gasteiger partial charge >= 0.3 is 0 Å². The quantitative estimate of drug-likeness (QED) is 0.413. The van der Waals surface area contributed by atoms with E-state index in [9.17, 15) is 4.21 Å². The number of fused-ring (bicyclic) bond motifs is 3. The third kappa shape index (κ3) is 3.44. The Hall–Kier alpha value is -1.12. The molecule has 0 radical (unpaired) electrons. The van der Waals surface area contributed by atoms with E-state index in [4.69, 9.17) is 23.2 Å². The number of thioether (sulfide) groups is 1. The molecule has 0 bridgehead atoms. The van der Waals surface area contributed by atoms with Crippen LogP contribution >= 0.6 is 46.3 Å². The molecule has 1 atom stereocenters. The van der Waals surface area contributed by atoms with Crippen molar-refractivity contribution in [3.8, 4) is 0 Å². The first-order chi connectivity index (χ1) is 12.1. The second-order valence-electron chi connectivity index (χ2n) is 5.14. The molecule has 9 heteroatoms. The summed E-state index contributed by atoms with van der Waals surface area (Å²) >= 11 is 15.2. The van der Waals surface area contributed by atoms with Crippen molar-refractivity contribution in [1.29, 1.82) is 0 Å². The van der Waals surface area contributed by atoms with Crippen LogP contribution in [0.3, 0.4) is 0 Å². The van der Waals surface area contributed by atoms with Crippen LogP contribution in [0.5, 0.6) is 0 Å². The van der Waals surface area contributed by atoms with Gasteiger partial charge in [-0.25, -0.2) is 0 Å². The zero-order valence-corrected chi connectivity index (χ0v) is 16.6. The summed E-state index contributed by atoms with van der Waals surface area (Å²) in [5.41, 5.74) is 1.09. The van der Waals surface area contributed by atoms with Crippen LogP contribution in [0.4, 0.5) is 0 Å². The molecule has 128 valence electrons. The molecule has 0 aliphatic rings. The maximum absolute atomic E-state index is 12.5. The number of nitrogens with zero attached hydrogens (tertiary/aromatic N) is 3. The number of hydrogen-bond acceptors (Lipinski definition) is 5. The van der Waals surface area contributed by atoms with Crippen molar-refractivity contribution in [2.45, 2.75) is 10.1 Å². The monoisotopic (exact) mass is 427 g/mol. The summed E-state index contributed by atoms with van der Waals surface area (Å²) in [4.78, 5) is 1.44. The highest BCUT2D eigenvalue weighted by molar-refractivity contribution is 8.00. The van der Waals surface area contributed by atoms with Crippen molar-refractivity contribution in [2.24, 2.45) is 0 Å². The zero-order valence-electron chi connectivity index (χ0n) is 12.7. The molecule has 4 rings (SSSR count). The summed E-state index contributed by atoms with van der Waals surface area (Å²) in [6.07, 6.45) is 0. The van der Waals surface area contributed by atoms with E-state index in [1.54, 1.807) is 29.5 Å². The van der Waals surface area contributed by atoms with E-state index in [2.05, 4.69) is 22.3 Å². The second-order valence-corrected chi connectivity index (χ2v) is 9.60. The molecule has 4 aromatic rings. The van der Waals surface area contributed by atoms with Crippen molar-refractivity contribution >= 4 is 72.3 Å². The van der Waals surface area contributed by atoms with E-state index in [1.165, 1.54) is 16.5 Å². The first-order valence-electron chi connectivity index (χ1n) is 7.32. The Balaban J connectivity index is 1.51. The van der Waals surface area contributed by atoms with Gasteiger partial charge in [-0.2, -0.15) is 0 Å². The minimum Gasteiger partial charge on any atom is -0.260 e. The normalized spacial score (nSPS) is 12.9. The number of benzene rings is 2. The van der Waals surface area contributed by atoms with Crippen LogP contribution in [0, 0.1) is 0 Å². The smallest absolute Gasteiger partial charge is 0.217 e. The lowest BCUT2D eigenvalue weighted by atomic mass is 10.3. The number of halogens is 2. The van der Waals surface area contributed by atoms with Gasteiger partial charge in [0.2, 0.25) is 4.96 Å². The largest absolute Gasteiger partial charge is 0.260 e. The average molecular weight is 428 g/mol. The van der Waals surface area contributed by atoms with Gasteiger partial charge in [-0.05, 0) is 30.3 Å². The Bertz CT molecular complexity index is 1090. The van der Waals surface area contributed by atoms with Crippen molar-refractivity contribution < 1.29 is 4.21 Å². The molecule has 1 unspecified atom stereocenters. The molecule has 2 aromatic carbocycles. The Morgan fingerprint density at radius 3 is 2.88 bits per heavy atom. The number of aromatic nitrogens is 3. The molecule has 0 fully saturated rings. The minimum atomic E-state index is -1.21. The maximum atomic E-state index is 12.5. The predicted molar refractivity (Wildman–Crippen MR) is 107 cm³/mol. The van der Waals surface area contributed by atoms with Crippen molar-refractivity contribution in [1.82, 2.24) is 14.6 Å². The molecule has 0 N–H and O–H groups in total. The second kappa shape index (κ2) is 7.25. The summed E-state index contributed by atoms with van der Waals surface area (Å²) in [7, 11) is -1.21. The van der Waals surface area contributed by atoms with Crippen LogP contribution in [-0.2, 0) is 10.8 Å². The van der Waals surface area contributed by atoms with Gasteiger partial charge in [0.05, 0.1) is 30.9 Å². The van der Waals surface area contributed by atoms with Gasteiger partial charge in [-0.15, -0.1) is 10.2 Å². The lowest BCUT2D eigenvalue weighted by Crippen LogP contribution is -2.02. The van der Waals surface area contributed by atoms with Crippen LogP contribution in [0.2, 0.25) is 10.0 Å². The van der Waals surface area contributed by atoms with Crippen molar-refractivity contribution in [2.75, 3.05) is 11.5 Å². The van der Waals surface area contributed by atoms with Gasteiger partial charge in [0.15, 0.2) is 5.16 Å².